The van der Waals surface area contributed by atoms with Crippen LogP contribution in [0.25, 0.3) is 0 Å². The third kappa shape index (κ3) is 1.70. The molecule has 0 bridgehead atoms. The van der Waals surface area contributed by atoms with E-state index in [4.69, 9.17) is 5.73 Å². The van der Waals surface area contributed by atoms with E-state index in [-0.39, 0.29) is 5.54 Å². The lowest BCUT2D eigenvalue weighted by Gasteiger charge is -2.26. The summed E-state index contributed by atoms with van der Waals surface area (Å²) in [6.45, 7) is 6.63. The van der Waals surface area contributed by atoms with Crippen molar-refractivity contribution in [3.8, 4) is 0 Å². The van der Waals surface area contributed by atoms with Crippen molar-refractivity contribution >= 4 is 0 Å². The van der Waals surface area contributed by atoms with Gasteiger partial charge in [0.25, 0.3) is 0 Å². The third-order valence-electron chi connectivity index (χ3n) is 2.44. The maximum absolute atomic E-state index is 5.98. The van der Waals surface area contributed by atoms with E-state index >= 15 is 0 Å². The fourth-order valence-corrected chi connectivity index (χ4v) is 1.54. The second-order valence-electron chi connectivity index (χ2n) is 4.07. The van der Waals surface area contributed by atoms with Gasteiger partial charge in [0.1, 0.15) is 0 Å². The minimum absolute atomic E-state index is 0.0186. The summed E-state index contributed by atoms with van der Waals surface area (Å²) in [7, 11) is 2.16. The van der Waals surface area contributed by atoms with Crippen LogP contribution in [0, 0.1) is 5.92 Å². The first kappa shape index (κ1) is 8.02. The maximum atomic E-state index is 5.98. The van der Waals surface area contributed by atoms with Crippen LogP contribution >= 0.6 is 0 Å². The molecule has 0 saturated carbocycles. The van der Waals surface area contributed by atoms with Crippen LogP contribution < -0.4 is 5.73 Å². The van der Waals surface area contributed by atoms with Crippen molar-refractivity contribution in [2.24, 2.45) is 11.7 Å². The SMILES string of the molecule is CN1CCC(C(C)(C)N)C1. The van der Waals surface area contributed by atoms with Gasteiger partial charge in [-0.05, 0) is 39.8 Å². The highest BCUT2D eigenvalue weighted by Crippen LogP contribution is 2.23. The fraction of sp³-hybridized carbons (Fsp3) is 1.00. The summed E-state index contributed by atoms with van der Waals surface area (Å²) in [5.41, 5.74) is 5.99. The highest BCUT2D eigenvalue weighted by atomic mass is 15.1. The van der Waals surface area contributed by atoms with Gasteiger partial charge in [0, 0.05) is 12.1 Å². The lowest BCUT2D eigenvalue weighted by molar-refractivity contribution is 0.310. The summed E-state index contributed by atoms with van der Waals surface area (Å²) in [4.78, 5) is 2.35. The van der Waals surface area contributed by atoms with Gasteiger partial charge < -0.3 is 10.6 Å². The summed E-state index contributed by atoms with van der Waals surface area (Å²) in [5.74, 6) is 0.692. The van der Waals surface area contributed by atoms with E-state index in [9.17, 15) is 0 Å². The van der Waals surface area contributed by atoms with Crippen molar-refractivity contribution < 1.29 is 0 Å². The third-order valence-corrected chi connectivity index (χ3v) is 2.44. The molecule has 1 rings (SSSR count). The number of hydrogen-bond acceptors (Lipinski definition) is 2. The van der Waals surface area contributed by atoms with Crippen molar-refractivity contribution in [2.45, 2.75) is 25.8 Å². The Morgan fingerprint density at radius 1 is 1.50 bits per heavy atom. The fourth-order valence-electron chi connectivity index (χ4n) is 1.54. The van der Waals surface area contributed by atoms with Crippen LogP contribution in [-0.4, -0.2) is 30.6 Å². The van der Waals surface area contributed by atoms with Crippen LogP contribution in [0.5, 0.6) is 0 Å². The normalized spacial score (nSPS) is 29.4. The number of likely N-dealkylation sites (tertiary alicyclic amines) is 1. The van der Waals surface area contributed by atoms with Gasteiger partial charge in [-0.3, -0.25) is 0 Å². The van der Waals surface area contributed by atoms with E-state index in [0.29, 0.717) is 5.92 Å². The van der Waals surface area contributed by atoms with Gasteiger partial charge in [0.05, 0.1) is 0 Å². The molecule has 0 aliphatic carbocycles. The predicted octanol–water partition coefficient (Wildman–Crippen LogP) is 0.675. The highest BCUT2D eigenvalue weighted by molar-refractivity contribution is 4.88. The zero-order valence-electron chi connectivity index (χ0n) is 7.22. The lowest BCUT2D eigenvalue weighted by Crippen LogP contribution is -2.41. The molecule has 1 unspecified atom stereocenters. The second-order valence-corrected chi connectivity index (χ2v) is 4.07. The standard InChI is InChI=1S/C8H18N2/c1-8(2,9)7-4-5-10(3)6-7/h7H,4-6,9H2,1-3H3. The molecule has 0 amide bonds. The largest absolute Gasteiger partial charge is 0.325 e. The number of rotatable bonds is 1. The number of hydrogen-bond donors (Lipinski definition) is 1. The molecule has 2 heteroatoms. The Morgan fingerprint density at radius 2 is 2.10 bits per heavy atom. The summed E-state index contributed by atoms with van der Waals surface area (Å²) >= 11 is 0. The van der Waals surface area contributed by atoms with Crippen molar-refractivity contribution in [2.75, 3.05) is 20.1 Å². The first-order chi connectivity index (χ1) is 4.50. The molecular formula is C8H18N2. The number of nitrogens with zero attached hydrogens (tertiary/aromatic N) is 1. The predicted molar refractivity (Wildman–Crippen MR) is 43.9 cm³/mol. The molecule has 0 radical (unpaired) electrons. The van der Waals surface area contributed by atoms with E-state index in [1.807, 2.05) is 0 Å². The van der Waals surface area contributed by atoms with Crippen LogP contribution in [0.2, 0.25) is 0 Å². The van der Waals surface area contributed by atoms with Crippen molar-refractivity contribution in [3.63, 3.8) is 0 Å². The van der Waals surface area contributed by atoms with Gasteiger partial charge in [-0.1, -0.05) is 0 Å². The first-order valence-electron chi connectivity index (χ1n) is 3.97. The molecule has 0 aromatic carbocycles. The molecule has 0 spiro atoms. The minimum atomic E-state index is 0.0186. The van der Waals surface area contributed by atoms with Gasteiger partial charge in [-0.15, -0.1) is 0 Å². The van der Waals surface area contributed by atoms with Gasteiger partial charge in [0.15, 0.2) is 0 Å². The second kappa shape index (κ2) is 2.51. The molecule has 2 N–H and O–H groups in total. The smallest absolute Gasteiger partial charge is 0.0138 e. The Labute approximate surface area is 63.4 Å². The molecule has 1 fully saturated rings. The summed E-state index contributed by atoms with van der Waals surface area (Å²) < 4.78 is 0. The quantitative estimate of drug-likeness (QED) is 0.583. The molecule has 10 heavy (non-hydrogen) atoms. The van der Waals surface area contributed by atoms with Gasteiger partial charge in [-0.2, -0.15) is 0 Å². The van der Waals surface area contributed by atoms with Crippen LogP contribution in [-0.2, 0) is 0 Å². The Bertz CT molecular complexity index is 115. The molecule has 60 valence electrons. The first-order valence-corrected chi connectivity index (χ1v) is 3.97. The molecule has 1 saturated heterocycles. The Balaban J connectivity index is 2.45. The van der Waals surface area contributed by atoms with E-state index in [2.05, 4.69) is 25.8 Å². The minimum Gasteiger partial charge on any atom is -0.325 e. The Kier molecular flexibility index (Phi) is 2.02. The average molecular weight is 142 g/mol. The molecule has 1 aliphatic rings. The van der Waals surface area contributed by atoms with Crippen LogP contribution in [0.3, 0.4) is 0 Å². The molecule has 1 atom stereocenters. The topological polar surface area (TPSA) is 29.3 Å². The van der Waals surface area contributed by atoms with Gasteiger partial charge in [0.2, 0.25) is 0 Å². The molecule has 1 aliphatic heterocycles. The Hall–Kier alpha value is -0.0800. The van der Waals surface area contributed by atoms with E-state index < -0.39 is 0 Å². The van der Waals surface area contributed by atoms with E-state index in [1.165, 1.54) is 19.5 Å². The zero-order valence-corrected chi connectivity index (χ0v) is 7.22. The summed E-state index contributed by atoms with van der Waals surface area (Å²) in [5, 5.41) is 0. The van der Waals surface area contributed by atoms with Crippen LogP contribution in [0.4, 0.5) is 0 Å². The molecule has 1 heterocycles. The van der Waals surface area contributed by atoms with Crippen LogP contribution in [0.1, 0.15) is 20.3 Å². The van der Waals surface area contributed by atoms with E-state index in [1.54, 1.807) is 0 Å². The molecular weight excluding hydrogens is 124 g/mol. The molecule has 2 nitrogen and oxygen atoms in total. The number of nitrogens with two attached hydrogens (primary N) is 1. The van der Waals surface area contributed by atoms with E-state index in [0.717, 1.165) is 0 Å². The van der Waals surface area contributed by atoms with Gasteiger partial charge in [-0.25, -0.2) is 0 Å². The average Bonchev–Trinajstić information content (AvgIpc) is 2.11. The highest BCUT2D eigenvalue weighted by Gasteiger charge is 2.30. The zero-order chi connectivity index (χ0) is 7.78. The summed E-state index contributed by atoms with van der Waals surface area (Å²) in [6.07, 6.45) is 1.26. The van der Waals surface area contributed by atoms with Gasteiger partial charge >= 0.3 is 0 Å². The maximum Gasteiger partial charge on any atom is 0.0138 e. The summed E-state index contributed by atoms with van der Waals surface area (Å²) in [6, 6.07) is 0. The Morgan fingerprint density at radius 3 is 2.30 bits per heavy atom. The van der Waals surface area contributed by atoms with Crippen molar-refractivity contribution in [1.82, 2.24) is 4.90 Å². The molecule has 0 aromatic rings. The van der Waals surface area contributed by atoms with Crippen molar-refractivity contribution in [3.05, 3.63) is 0 Å². The lowest BCUT2D eigenvalue weighted by atomic mass is 9.88. The monoisotopic (exact) mass is 142 g/mol. The van der Waals surface area contributed by atoms with Crippen LogP contribution in [0.15, 0.2) is 0 Å². The molecule has 0 aromatic heterocycles. The van der Waals surface area contributed by atoms with Crippen molar-refractivity contribution in [1.29, 1.82) is 0 Å².